The van der Waals surface area contributed by atoms with E-state index in [9.17, 15) is 18.4 Å². The summed E-state index contributed by atoms with van der Waals surface area (Å²) in [6.07, 6.45) is 2.55. The van der Waals surface area contributed by atoms with Crippen molar-refractivity contribution in [2.45, 2.75) is 24.8 Å². The third kappa shape index (κ3) is 2.79. The number of amides is 2. The van der Waals surface area contributed by atoms with Crippen LogP contribution in [-0.4, -0.2) is 24.4 Å². The highest BCUT2D eigenvalue weighted by molar-refractivity contribution is 6.02. The number of carbonyl (C=O) groups is 2. The minimum Gasteiger partial charge on any atom is -0.469 e. The van der Waals surface area contributed by atoms with E-state index in [0.29, 0.717) is 12.8 Å². The number of rotatable bonds is 4. The zero-order valence-electron chi connectivity index (χ0n) is 13.2. The summed E-state index contributed by atoms with van der Waals surface area (Å²) in [6, 6.07) is 6.29. The Balaban J connectivity index is 1.42. The van der Waals surface area contributed by atoms with Crippen molar-refractivity contribution in [3.8, 4) is 0 Å². The monoisotopic (exact) mass is 346 g/mol. The molecule has 2 heterocycles. The van der Waals surface area contributed by atoms with Gasteiger partial charge >= 0.3 is 0 Å². The molecule has 2 aliphatic rings. The van der Waals surface area contributed by atoms with Gasteiger partial charge in [0.1, 0.15) is 29.1 Å². The molecule has 1 aliphatic carbocycles. The van der Waals surface area contributed by atoms with Gasteiger partial charge in [0.2, 0.25) is 11.8 Å². The highest BCUT2D eigenvalue weighted by Gasteiger charge is 2.47. The lowest BCUT2D eigenvalue weighted by atomic mass is 10.2. The average molecular weight is 346 g/mol. The second kappa shape index (κ2) is 5.98. The van der Waals surface area contributed by atoms with Crippen molar-refractivity contribution in [2.24, 2.45) is 5.92 Å². The lowest BCUT2D eigenvalue weighted by Gasteiger charge is -2.18. The molecule has 3 atom stereocenters. The van der Waals surface area contributed by atoms with Crippen molar-refractivity contribution in [1.82, 2.24) is 5.32 Å². The summed E-state index contributed by atoms with van der Waals surface area (Å²) in [4.78, 5) is 25.8. The fourth-order valence-electron chi connectivity index (χ4n) is 3.36. The van der Waals surface area contributed by atoms with E-state index in [2.05, 4.69) is 5.32 Å². The molecule has 0 spiro atoms. The van der Waals surface area contributed by atoms with Crippen LogP contribution in [0, 0.1) is 17.6 Å². The second-order valence-electron chi connectivity index (χ2n) is 6.37. The normalized spacial score (nSPS) is 25.3. The lowest BCUT2D eigenvalue weighted by molar-refractivity contribution is -0.127. The molecule has 1 aromatic carbocycles. The van der Waals surface area contributed by atoms with Gasteiger partial charge < -0.3 is 14.6 Å². The van der Waals surface area contributed by atoms with Crippen LogP contribution < -0.4 is 10.2 Å². The maximum absolute atomic E-state index is 13.9. The van der Waals surface area contributed by atoms with Gasteiger partial charge in [-0.3, -0.25) is 9.59 Å². The van der Waals surface area contributed by atoms with Crippen LogP contribution in [0.2, 0.25) is 0 Å². The van der Waals surface area contributed by atoms with Crippen LogP contribution in [0.25, 0.3) is 0 Å². The first kappa shape index (κ1) is 15.8. The van der Waals surface area contributed by atoms with E-state index in [1.807, 2.05) is 6.07 Å². The maximum Gasteiger partial charge on any atom is 0.249 e. The van der Waals surface area contributed by atoms with Crippen LogP contribution in [0.15, 0.2) is 41.0 Å². The van der Waals surface area contributed by atoms with Crippen LogP contribution in [0.1, 0.15) is 24.5 Å². The number of nitrogens with one attached hydrogen (secondary N) is 1. The molecule has 4 rings (SSSR count). The van der Waals surface area contributed by atoms with E-state index >= 15 is 0 Å². The Morgan fingerprint density at radius 1 is 1.20 bits per heavy atom. The predicted molar refractivity (Wildman–Crippen MR) is 84.8 cm³/mol. The molecule has 130 valence electrons. The van der Waals surface area contributed by atoms with Crippen molar-refractivity contribution < 1.29 is 22.8 Å². The van der Waals surface area contributed by atoms with Crippen molar-refractivity contribution in [1.29, 1.82) is 0 Å². The molecule has 2 amide bonds. The first-order valence-electron chi connectivity index (χ1n) is 8.15. The summed E-state index contributed by atoms with van der Waals surface area (Å²) in [5.41, 5.74) is -0.357. The summed E-state index contributed by atoms with van der Waals surface area (Å²) in [5.74, 6) is -1.73. The zero-order valence-corrected chi connectivity index (χ0v) is 13.2. The summed E-state index contributed by atoms with van der Waals surface area (Å²) < 4.78 is 33.1. The molecule has 0 unspecified atom stereocenters. The molecule has 5 nitrogen and oxygen atoms in total. The number of hydrogen-bond acceptors (Lipinski definition) is 3. The lowest BCUT2D eigenvalue weighted by Crippen LogP contribution is -2.42. The van der Waals surface area contributed by atoms with Gasteiger partial charge in [0.15, 0.2) is 0 Å². The molecule has 7 heteroatoms. The molecule has 1 saturated heterocycles. The Hall–Kier alpha value is -2.70. The molecule has 1 saturated carbocycles. The zero-order chi connectivity index (χ0) is 17.6. The van der Waals surface area contributed by atoms with E-state index in [-0.39, 0.29) is 30.0 Å². The van der Waals surface area contributed by atoms with Crippen LogP contribution in [0.4, 0.5) is 14.5 Å². The van der Waals surface area contributed by atoms with Crippen molar-refractivity contribution in [3.63, 3.8) is 0 Å². The molecule has 1 N–H and O–H groups in total. The quantitative estimate of drug-likeness (QED) is 0.926. The molecule has 1 aliphatic heterocycles. The fraction of sp³-hybridized carbons (Fsp3) is 0.333. The number of para-hydroxylation sites is 1. The largest absolute Gasteiger partial charge is 0.469 e. The maximum atomic E-state index is 13.9. The highest BCUT2D eigenvalue weighted by atomic mass is 19.1. The van der Waals surface area contributed by atoms with Crippen LogP contribution in [0.3, 0.4) is 0 Å². The number of hydrogen-bond donors (Lipinski definition) is 1. The Kier molecular flexibility index (Phi) is 3.78. The summed E-state index contributed by atoms with van der Waals surface area (Å²) in [7, 11) is 0. The van der Waals surface area contributed by atoms with Crippen LogP contribution in [-0.2, 0) is 9.59 Å². The Labute approximate surface area is 142 Å². The smallest absolute Gasteiger partial charge is 0.249 e. The Bertz CT molecular complexity index is 801. The van der Waals surface area contributed by atoms with Crippen molar-refractivity contribution in [3.05, 3.63) is 54.0 Å². The minimum atomic E-state index is -0.791. The van der Waals surface area contributed by atoms with Crippen LogP contribution in [0.5, 0.6) is 0 Å². The van der Waals surface area contributed by atoms with Gasteiger partial charge in [-0.15, -0.1) is 0 Å². The highest BCUT2D eigenvalue weighted by Crippen LogP contribution is 2.47. The molecule has 0 radical (unpaired) electrons. The number of anilines is 1. The first-order valence-corrected chi connectivity index (χ1v) is 8.15. The molecule has 1 aromatic heterocycles. The Morgan fingerprint density at radius 3 is 2.64 bits per heavy atom. The van der Waals surface area contributed by atoms with Gasteiger partial charge in [-0.25, -0.2) is 8.78 Å². The molecule has 25 heavy (non-hydrogen) atoms. The van der Waals surface area contributed by atoms with Gasteiger partial charge in [0.05, 0.1) is 6.26 Å². The van der Waals surface area contributed by atoms with Gasteiger partial charge in [0, 0.05) is 18.4 Å². The van der Waals surface area contributed by atoms with E-state index in [4.69, 9.17) is 4.42 Å². The average Bonchev–Trinajstić information content (AvgIpc) is 3.05. The SMILES string of the molecule is O=C(N[C@@H]1CCN(c2c(F)cccc2F)C1=O)[C@@H]1C[C@H]1c1ccco1. The fourth-order valence-corrected chi connectivity index (χ4v) is 3.36. The van der Waals surface area contributed by atoms with Crippen molar-refractivity contribution in [2.75, 3.05) is 11.4 Å². The molecular formula is C18H16F2N2O3. The summed E-state index contributed by atoms with van der Waals surface area (Å²) in [6.45, 7) is 0.161. The number of furan rings is 1. The van der Waals surface area contributed by atoms with Gasteiger partial charge in [-0.1, -0.05) is 6.07 Å². The van der Waals surface area contributed by atoms with E-state index < -0.39 is 23.6 Å². The number of halogens is 2. The molecular weight excluding hydrogens is 330 g/mol. The summed E-state index contributed by atoms with van der Waals surface area (Å²) in [5, 5.41) is 2.70. The number of nitrogens with zero attached hydrogens (tertiary/aromatic N) is 1. The van der Waals surface area contributed by atoms with E-state index in [0.717, 1.165) is 22.8 Å². The third-order valence-electron chi connectivity index (χ3n) is 4.77. The van der Waals surface area contributed by atoms with E-state index in [1.54, 1.807) is 12.3 Å². The first-order chi connectivity index (χ1) is 12.1. The van der Waals surface area contributed by atoms with Gasteiger partial charge in [-0.05, 0) is 37.1 Å². The van der Waals surface area contributed by atoms with Gasteiger partial charge in [-0.2, -0.15) is 0 Å². The topological polar surface area (TPSA) is 62.6 Å². The summed E-state index contributed by atoms with van der Waals surface area (Å²) >= 11 is 0. The minimum absolute atomic E-state index is 0.0339. The molecule has 0 bridgehead atoms. The Morgan fingerprint density at radius 2 is 1.96 bits per heavy atom. The second-order valence-corrected chi connectivity index (χ2v) is 6.37. The third-order valence-corrected chi connectivity index (χ3v) is 4.77. The van der Waals surface area contributed by atoms with Crippen molar-refractivity contribution >= 4 is 17.5 Å². The van der Waals surface area contributed by atoms with Crippen LogP contribution >= 0.6 is 0 Å². The number of benzene rings is 1. The number of carbonyl (C=O) groups excluding carboxylic acids is 2. The standard InChI is InChI=1S/C18H16F2N2O3/c19-12-3-1-4-13(20)16(12)22-7-6-14(18(22)24)21-17(23)11-9-10(11)15-5-2-8-25-15/h1-5,8,10-11,14H,6-7,9H2,(H,21,23)/t10-,11-,14-/m1/s1. The molecule has 2 fully saturated rings. The molecule has 2 aromatic rings. The van der Waals surface area contributed by atoms with Gasteiger partial charge in [0.25, 0.3) is 0 Å². The predicted octanol–water partition coefficient (Wildman–Crippen LogP) is 2.58. The van der Waals surface area contributed by atoms with E-state index in [1.165, 1.54) is 6.07 Å².